The van der Waals surface area contributed by atoms with Gasteiger partial charge in [0.25, 0.3) is 5.56 Å². The summed E-state index contributed by atoms with van der Waals surface area (Å²) in [4.78, 5) is 47.9. The number of piperidine rings is 1. The Labute approximate surface area is 148 Å². The topological polar surface area (TPSA) is 133 Å². The van der Waals surface area contributed by atoms with E-state index in [0.717, 1.165) is 4.57 Å². The zero-order valence-corrected chi connectivity index (χ0v) is 14.3. The van der Waals surface area contributed by atoms with Crippen LogP contribution in [0.5, 0.6) is 0 Å². The van der Waals surface area contributed by atoms with E-state index in [9.17, 15) is 19.5 Å². The van der Waals surface area contributed by atoms with Crippen LogP contribution in [0.4, 0.5) is 5.95 Å². The van der Waals surface area contributed by atoms with Gasteiger partial charge in [0.15, 0.2) is 0 Å². The van der Waals surface area contributed by atoms with Gasteiger partial charge in [-0.05, 0) is 12.5 Å². The average molecular weight is 360 g/mol. The van der Waals surface area contributed by atoms with Crippen molar-refractivity contribution in [1.82, 2.24) is 24.4 Å². The van der Waals surface area contributed by atoms with Crippen molar-refractivity contribution in [2.45, 2.75) is 25.0 Å². The molecule has 0 saturated carbocycles. The van der Waals surface area contributed by atoms with E-state index in [1.165, 1.54) is 18.1 Å². The number of carbonyl (C=O) groups excluding carboxylic acids is 1. The second-order valence-electron chi connectivity index (χ2n) is 6.18. The summed E-state index contributed by atoms with van der Waals surface area (Å²) in [5, 5.41) is 13.4. The molecule has 3 N–H and O–H groups in total. The molecule has 1 aliphatic rings. The van der Waals surface area contributed by atoms with E-state index in [1.54, 1.807) is 18.5 Å². The highest BCUT2D eigenvalue weighted by Crippen LogP contribution is 2.15. The Hall–Kier alpha value is -3.01. The van der Waals surface area contributed by atoms with Crippen LogP contribution in [0.2, 0.25) is 0 Å². The number of aliphatic hydroxyl groups is 1. The molecule has 2 aromatic rings. The van der Waals surface area contributed by atoms with Gasteiger partial charge in [0.1, 0.15) is 0 Å². The lowest BCUT2D eigenvalue weighted by Crippen LogP contribution is -2.52. The van der Waals surface area contributed by atoms with Crippen molar-refractivity contribution in [3.05, 3.63) is 51.1 Å². The maximum Gasteiger partial charge on any atom is 0.328 e. The van der Waals surface area contributed by atoms with Gasteiger partial charge in [0.2, 0.25) is 11.9 Å². The molecule has 10 heteroatoms. The average Bonchev–Trinajstić information content (AvgIpc) is 2.64. The first-order chi connectivity index (χ1) is 12.5. The highest BCUT2D eigenvalue weighted by Gasteiger charge is 2.30. The number of carbonyl (C=O) groups is 1. The first-order valence-corrected chi connectivity index (χ1v) is 8.22. The molecule has 138 valence electrons. The second kappa shape index (κ2) is 7.48. The van der Waals surface area contributed by atoms with Gasteiger partial charge in [0, 0.05) is 44.3 Å². The van der Waals surface area contributed by atoms with Gasteiger partial charge in [-0.1, -0.05) is 0 Å². The molecule has 3 heterocycles. The molecule has 0 aliphatic carbocycles. The molecule has 0 aromatic carbocycles. The van der Waals surface area contributed by atoms with Crippen LogP contribution in [0.15, 0.2) is 34.2 Å². The fourth-order valence-electron chi connectivity index (χ4n) is 2.88. The van der Waals surface area contributed by atoms with Crippen LogP contribution < -0.4 is 16.6 Å². The maximum absolute atomic E-state index is 12.5. The SMILES string of the molecule is Cn1c(=O)[nH]cc(CC(=O)N2CC[C@@H](Nc3ncccn3)[C@H](O)C2)c1=O. The van der Waals surface area contributed by atoms with E-state index in [2.05, 4.69) is 20.3 Å². The third kappa shape index (κ3) is 3.80. The number of rotatable bonds is 4. The predicted octanol–water partition coefficient (Wildman–Crippen LogP) is -1.52. The molecule has 0 radical (unpaired) electrons. The summed E-state index contributed by atoms with van der Waals surface area (Å²) in [5.74, 6) is 0.149. The number of nitrogens with one attached hydrogen (secondary N) is 2. The van der Waals surface area contributed by atoms with Crippen LogP contribution in [-0.2, 0) is 18.3 Å². The quantitative estimate of drug-likeness (QED) is 0.603. The lowest BCUT2D eigenvalue weighted by molar-refractivity contribution is -0.133. The van der Waals surface area contributed by atoms with Gasteiger partial charge >= 0.3 is 5.69 Å². The Morgan fingerprint density at radius 2 is 2.12 bits per heavy atom. The Bertz CT molecular complexity index is 894. The number of anilines is 1. The van der Waals surface area contributed by atoms with E-state index in [0.29, 0.717) is 18.9 Å². The first kappa shape index (κ1) is 17.8. The van der Waals surface area contributed by atoms with Crippen molar-refractivity contribution < 1.29 is 9.90 Å². The molecule has 1 saturated heterocycles. The number of H-pyrrole nitrogens is 1. The zero-order valence-electron chi connectivity index (χ0n) is 14.3. The fourth-order valence-corrected chi connectivity index (χ4v) is 2.88. The highest BCUT2D eigenvalue weighted by atomic mass is 16.3. The Kier molecular flexibility index (Phi) is 5.12. The molecule has 1 fully saturated rings. The standard InChI is InChI=1S/C16H20N6O4/c1-21-14(25)10(8-19-16(21)26)7-13(24)22-6-3-11(12(23)9-22)20-15-17-4-2-5-18-15/h2,4-5,8,11-12,23H,3,6-7,9H2,1H3,(H,19,26)(H,17,18,20)/t11-,12-/m1/s1. The van der Waals surface area contributed by atoms with Crippen molar-refractivity contribution in [2.75, 3.05) is 18.4 Å². The molecule has 0 bridgehead atoms. The van der Waals surface area contributed by atoms with Crippen molar-refractivity contribution in [3.8, 4) is 0 Å². The number of β-amino-alcohol motifs (C(OH)–C–C–N with tert-alkyl or cyclic N) is 1. The molecular weight excluding hydrogens is 340 g/mol. The minimum Gasteiger partial charge on any atom is -0.389 e. The minimum atomic E-state index is -0.782. The number of nitrogens with zero attached hydrogens (tertiary/aromatic N) is 4. The van der Waals surface area contributed by atoms with Crippen LogP contribution in [0, 0.1) is 0 Å². The van der Waals surface area contributed by atoms with E-state index >= 15 is 0 Å². The summed E-state index contributed by atoms with van der Waals surface area (Å²) >= 11 is 0. The Morgan fingerprint density at radius 3 is 2.81 bits per heavy atom. The summed E-state index contributed by atoms with van der Waals surface area (Å²) in [6, 6.07) is 1.44. The maximum atomic E-state index is 12.5. The van der Waals surface area contributed by atoms with Crippen molar-refractivity contribution in [1.29, 1.82) is 0 Å². The second-order valence-corrected chi connectivity index (χ2v) is 6.18. The number of hydrogen-bond acceptors (Lipinski definition) is 7. The van der Waals surface area contributed by atoms with Gasteiger partial charge in [-0.15, -0.1) is 0 Å². The molecule has 0 spiro atoms. The molecule has 3 rings (SSSR count). The number of aliphatic hydroxyl groups excluding tert-OH is 1. The predicted molar refractivity (Wildman–Crippen MR) is 92.7 cm³/mol. The van der Waals surface area contributed by atoms with Crippen molar-refractivity contribution in [3.63, 3.8) is 0 Å². The number of amides is 1. The summed E-state index contributed by atoms with van der Waals surface area (Å²) in [6.45, 7) is 0.580. The van der Waals surface area contributed by atoms with Gasteiger partial charge in [-0.25, -0.2) is 14.8 Å². The van der Waals surface area contributed by atoms with E-state index in [1.807, 2.05) is 0 Å². The third-order valence-electron chi connectivity index (χ3n) is 4.41. The Morgan fingerprint density at radius 1 is 1.38 bits per heavy atom. The van der Waals surface area contributed by atoms with Crippen LogP contribution in [0.3, 0.4) is 0 Å². The molecule has 0 unspecified atom stereocenters. The molecule has 2 aromatic heterocycles. The van der Waals surface area contributed by atoms with Crippen molar-refractivity contribution >= 4 is 11.9 Å². The van der Waals surface area contributed by atoms with Gasteiger partial charge < -0.3 is 20.3 Å². The van der Waals surface area contributed by atoms with Gasteiger partial charge in [-0.3, -0.25) is 14.2 Å². The zero-order chi connectivity index (χ0) is 18.7. The fraction of sp³-hybridized carbons (Fsp3) is 0.438. The van der Waals surface area contributed by atoms with Crippen LogP contribution >= 0.6 is 0 Å². The molecular formula is C16H20N6O4. The lowest BCUT2D eigenvalue weighted by Gasteiger charge is -2.36. The van der Waals surface area contributed by atoms with Crippen LogP contribution in [0.25, 0.3) is 0 Å². The first-order valence-electron chi connectivity index (χ1n) is 8.22. The summed E-state index contributed by atoms with van der Waals surface area (Å²) in [6.07, 6.45) is 4.08. The van der Waals surface area contributed by atoms with E-state index in [-0.39, 0.29) is 30.5 Å². The molecule has 1 aliphatic heterocycles. The van der Waals surface area contributed by atoms with E-state index < -0.39 is 17.4 Å². The number of aromatic amines is 1. The Balaban J connectivity index is 1.62. The van der Waals surface area contributed by atoms with Gasteiger partial charge in [-0.2, -0.15) is 0 Å². The van der Waals surface area contributed by atoms with Crippen molar-refractivity contribution in [2.24, 2.45) is 7.05 Å². The molecule has 2 atom stereocenters. The number of hydrogen-bond donors (Lipinski definition) is 3. The normalized spacial score (nSPS) is 20.0. The third-order valence-corrected chi connectivity index (χ3v) is 4.41. The summed E-state index contributed by atoms with van der Waals surface area (Å²) < 4.78 is 0.924. The number of aromatic nitrogens is 4. The molecule has 10 nitrogen and oxygen atoms in total. The van der Waals surface area contributed by atoms with Crippen LogP contribution in [0.1, 0.15) is 12.0 Å². The summed E-state index contributed by atoms with van der Waals surface area (Å²) in [5.41, 5.74) is -0.818. The molecule has 1 amide bonds. The summed E-state index contributed by atoms with van der Waals surface area (Å²) in [7, 11) is 1.35. The molecule has 26 heavy (non-hydrogen) atoms. The van der Waals surface area contributed by atoms with Gasteiger partial charge in [0.05, 0.1) is 18.6 Å². The van der Waals surface area contributed by atoms with Crippen LogP contribution in [-0.4, -0.2) is 60.7 Å². The highest BCUT2D eigenvalue weighted by molar-refractivity contribution is 5.78. The minimum absolute atomic E-state index is 0.129. The largest absolute Gasteiger partial charge is 0.389 e. The number of likely N-dealkylation sites (tertiary alicyclic amines) is 1. The monoisotopic (exact) mass is 360 g/mol. The lowest BCUT2D eigenvalue weighted by atomic mass is 10.0. The smallest absolute Gasteiger partial charge is 0.328 e. The van der Waals surface area contributed by atoms with E-state index in [4.69, 9.17) is 0 Å².